The van der Waals surface area contributed by atoms with E-state index in [0.29, 0.717) is 0 Å². The van der Waals surface area contributed by atoms with Crippen molar-refractivity contribution in [2.24, 2.45) is 0 Å². The van der Waals surface area contributed by atoms with Crippen molar-refractivity contribution in [3.63, 3.8) is 0 Å². The van der Waals surface area contributed by atoms with E-state index in [9.17, 15) is 0 Å². The van der Waals surface area contributed by atoms with Gasteiger partial charge in [-0.05, 0) is 187 Å². The zero-order chi connectivity index (χ0) is 55.1. The summed E-state index contributed by atoms with van der Waals surface area (Å²) in [7, 11) is 0. The normalized spacial score (nSPS) is 16.0. The van der Waals surface area contributed by atoms with E-state index in [0.717, 1.165) is 0 Å². The van der Waals surface area contributed by atoms with Crippen LogP contribution >= 0.6 is 0 Å². The van der Waals surface area contributed by atoms with Crippen LogP contribution in [-0.2, 0) is 21.7 Å². The topological polar surface area (TPSA) is 0 Å². The fraction of sp³-hybridized carbons (Fsp3) is 0.146. The van der Waals surface area contributed by atoms with E-state index in [2.05, 4.69) is 274 Å². The number of hydrogen-bond donors (Lipinski definition) is 0. The Labute approximate surface area is 479 Å². The summed E-state index contributed by atoms with van der Waals surface area (Å²) in [5, 5.41) is 18.7. The monoisotopic (exact) mass is 1040 g/mol. The molecule has 0 aliphatic heterocycles. The van der Waals surface area contributed by atoms with Gasteiger partial charge in [-0.3, -0.25) is 0 Å². The molecular formula is C82H60. The van der Waals surface area contributed by atoms with Gasteiger partial charge in [0.1, 0.15) is 0 Å². The summed E-state index contributed by atoms with van der Waals surface area (Å²) < 4.78 is 0. The molecule has 14 aromatic rings. The maximum atomic E-state index is 2.50. The summed E-state index contributed by atoms with van der Waals surface area (Å²) in [6, 6.07) is 84.6. The third-order valence-electron chi connectivity index (χ3n) is 21.1. The molecule has 18 rings (SSSR count). The molecule has 0 nitrogen and oxygen atoms in total. The number of rotatable bonds is 4. The highest BCUT2D eigenvalue weighted by Crippen LogP contribution is 2.64. The first-order valence-corrected chi connectivity index (χ1v) is 29.7. The number of benzene rings is 14. The van der Waals surface area contributed by atoms with E-state index in [4.69, 9.17) is 0 Å². The van der Waals surface area contributed by atoms with Crippen molar-refractivity contribution in [1.29, 1.82) is 0 Å². The van der Waals surface area contributed by atoms with Gasteiger partial charge in [0, 0.05) is 21.7 Å². The van der Waals surface area contributed by atoms with Crippen LogP contribution in [0.5, 0.6) is 0 Å². The average Bonchev–Trinajstić information content (AvgIpc) is 0.923. The SMILES string of the molecule is CC1(C)c2ccc3ccc(-c4ccc(-c5ccc6ccc7c8c6c5C(C)(C)c5ccc6ccc(-c9cccc%10ccccc9%10)c(c6c5-8)C7(C)C)c5ccccc45)c4c3c2-c2c(ccc3ccc(-c5cccc6ccccc56)c1c23)C4(C)C. The predicted octanol–water partition coefficient (Wildman–Crippen LogP) is 22.3. The second kappa shape index (κ2) is 15.5. The second-order valence-corrected chi connectivity index (χ2v) is 26.6. The first kappa shape index (κ1) is 46.6. The van der Waals surface area contributed by atoms with E-state index >= 15 is 0 Å². The molecule has 82 heavy (non-hydrogen) atoms. The Morgan fingerprint density at radius 2 is 0.415 bits per heavy atom. The molecule has 0 aromatic heterocycles. The highest BCUT2D eigenvalue weighted by molar-refractivity contribution is 6.22. The van der Waals surface area contributed by atoms with E-state index in [1.54, 1.807) is 0 Å². The van der Waals surface area contributed by atoms with Gasteiger partial charge in [-0.15, -0.1) is 0 Å². The molecule has 0 saturated carbocycles. The Balaban J connectivity index is 0.866. The summed E-state index contributed by atoms with van der Waals surface area (Å²) in [5.41, 5.74) is 26.4. The molecule has 0 heterocycles. The Morgan fingerprint density at radius 1 is 0.183 bits per heavy atom. The maximum Gasteiger partial charge on any atom is 0.0165 e. The van der Waals surface area contributed by atoms with Crippen molar-refractivity contribution in [1.82, 2.24) is 0 Å². The molecule has 4 aliphatic rings. The van der Waals surface area contributed by atoms with Crippen LogP contribution in [-0.4, -0.2) is 0 Å². The number of fused-ring (bicyclic) bond motifs is 3. The average molecular weight is 1050 g/mol. The lowest BCUT2D eigenvalue weighted by atomic mass is 9.58. The molecule has 0 spiro atoms. The zero-order valence-electron chi connectivity index (χ0n) is 47.8. The minimum absolute atomic E-state index is 0.275. The summed E-state index contributed by atoms with van der Waals surface area (Å²) in [4.78, 5) is 0. The smallest absolute Gasteiger partial charge is 0.0165 e. The predicted molar refractivity (Wildman–Crippen MR) is 350 cm³/mol. The molecule has 0 N–H and O–H groups in total. The van der Waals surface area contributed by atoms with E-state index in [-0.39, 0.29) is 21.7 Å². The van der Waals surface area contributed by atoms with Crippen LogP contribution < -0.4 is 0 Å². The van der Waals surface area contributed by atoms with Crippen molar-refractivity contribution < 1.29 is 0 Å². The first-order chi connectivity index (χ1) is 39.7. The van der Waals surface area contributed by atoms with Crippen molar-refractivity contribution >= 4 is 75.4 Å². The van der Waals surface area contributed by atoms with E-state index < -0.39 is 0 Å². The fourth-order valence-corrected chi connectivity index (χ4v) is 17.5. The molecular weight excluding hydrogens is 985 g/mol. The second-order valence-electron chi connectivity index (χ2n) is 26.6. The summed E-state index contributed by atoms with van der Waals surface area (Å²) >= 11 is 0. The molecule has 4 aliphatic carbocycles. The van der Waals surface area contributed by atoms with E-state index in [1.165, 1.54) is 187 Å². The van der Waals surface area contributed by atoms with Gasteiger partial charge >= 0.3 is 0 Å². The molecule has 388 valence electrons. The van der Waals surface area contributed by atoms with Crippen LogP contribution in [0.4, 0.5) is 0 Å². The lowest BCUT2D eigenvalue weighted by Crippen LogP contribution is -2.31. The van der Waals surface area contributed by atoms with Gasteiger partial charge < -0.3 is 0 Å². The largest absolute Gasteiger partial charge is 0.0616 e. The minimum Gasteiger partial charge on any atom is -0.0616 e. The molecule has 0 atom stereocenters. The zero-order valence-corrected chi connectivity index (χ0v) is 47.8. The maximum absolute atomic E-state index is 2.50. The quantitative estimate of drug-likeness (QED) is 0.165. The van der Waals surface area contributed by atoms with E-state index in [1.807, 2.05) is 0 Å². The van der Waals surface area contributed by atoms with Crippen LogP contribution in [0.2, 0.25) is 0 Å². The molecule has 0 heteroatoms. The molecule has 0 saturated heterocycles. The molecule has 0 unspecified atom stereocenters. The third kappa shape index (κ3) is 5.59. The van der Waals surface area contributed by atoms with Gasteiger partial charge in [-0.25, -0.2) is 0 Å². The summed E-state index contributed by atoms with van der Waals surface area (Å²) in [6.07, 6.45) is 0. The molecule has 0 bridgehead atoms. The van der Waals surface area contributed by atoms with Crippen molar-refractivity contribution in [2.45, 2.75) is 77.0 Å². The summed E-state index contributed by atoms with van der Waals surface area (Å²) in [6.45, 7) is 19.9. The number of hydrogen-bond acceptors (Lipinski definition) is 0. The highest BCUT2D eigenvalue weighted by atomic mass is 14.5. The third-order valence-corrected chi connectivity index (χ3v) is 21.1. The van der Waals surface area contributed by atoms with Crippen molar-refractivity contribution in [2.75, 3.05) is 0 Å². The Kier molecular flexibility index (Phi) is 8.79. The Bertz CT molecular complexity index is 4980. The lowest BCUT2D eigenvalue weighted by Gasteiger charge is -2.44. The molecule has 0 amide bonds. The van der Waals surface area contributed by atoms with Crippen molar-refractivity contribution in [3.8, 4) is 66.8 Å². The molecule has 14 aromatic carbocycles. The van der Waals surface area contributed by atoms with Crippen LogP contribution in [0.3, 0.4) is 0 Å². The van der Waals surface area contributed by atoms with Crippen LogP contribution in [0.1, 0.15) is 99.9 Å². The van der Waals surface area contributed by atoms with Crippen LogP contribution in [0.25, 0.3) is 142 Å². The standard InChI is InChI=1S/C82H60/c1-79(2)63-41-33-49-29-37-61(77-69(49)73(63)71-65(81(77,5)6)43-31-47-27-35-59(75(79)67(47)71)53-25-15-19-45-17-9-11-21-51(45)53)57-39-40-58(56-24-14-13-23-55(56)57)62-38-30-50-34-42-64-74-70(50)78(62)82(7,8)66-44-32-48-28-36-60(76(80(64,3)4)68(48)72(66)74)54-26-16-20-46-18-10-12-22-52(46)54/h9-44H,1-8H3. The van der Waals surface area contributed by atoms with Crippen molar-refractivity contribution in [3.05, 3.63) is 263 Å². The van der Waals surface area contributed by atoms with Gasteiger partial charge in [-0.1, -0.05) is 274 Å². The van der Waals surface area contributed by atoms with Gasteiger partial charge in [0.05, 0.1) is 0 Å². The van der Waals surface area contributed by atoms with Gasteiger partial charge in [0.25, 0.3) is 0 Å². The van der Waals surface area contributed by atoms with Crippen LogP contribution in [0.15, 0.2) is 218 Å². The lowest BCUT2D eigenvalue weighted by molar-refractivity contribution is 0.629. The highest BCUT2D eigenvalue weighted by Gasteiger charge is 2.47. The Hall–Kier alpha value is -9.10. The molecule has 0 radical (unpaired) electrons. The van der Waals surface area contributed by atoms with Gasteiger partial charge in [0.15, 0.2) is 0 Å². The first-order valence-electron chi connectivity index (χ1n) is 29.7. The van der Waals surface area contributed by atoms with Gasteiger partial charge in [0.2, 0.25) is 0 Å². The van der Waals surface area contributed by atoms with Gasteiger partial charge in [-0.2, -0.15) is 0 Å². The minimum atomic E-state index is -0.315. The Morgan fingerprint density at radius 3 is 0.720 bits per heavy atom. The summed E-state index contributed by atoms with van der Waals surface area (Å²) in [5.74, 6) is 0. The van der Waals surface area contributed by atoms with Crippen LogP contribution in [0, 0.1) is 0 Å². The fourth-order valence-electron chi connectivity index (χ4n) is 17.5. The molecule has 0 fully saturated rings.